The van der Waals surface area contributed by atoms with Crippen molar-refractivity contribution in [3.63, 3.8) is 0 Å². The number of rotatable bonds is 65. The Bertz CT molecular complexity index is 1190. The highest BCUT2D eigenvalue weighted by Crippen LogP contribution is 2.19. The number of unbranched alkanes of at least 4 members (excludes halogenated alkanes) is 50. The average molecular weight is 1070 g/mol. The fraction of sp³-hybridized carbons (Fsp3) is 0.914. The van der Waals surface area contributed by atoms with Gasteiger partial charge < -0.3 is 20.3 Å². The predicted octanol–water partition coefficient (Wildman–Crippen LogP) is 22.1. The highest BCUT2D eigenvalue weighted by molar-refractivity contribution is 5.76. The minimum Gasteiger partial charge on any atom is -0.466 e. The van der Waals surface area contributed by atoms with Crippen LogP contribution in [-0.2, 0) is 14.3 Å². The molecule has 0 rings (SSSR count). The minimum atomic E-state index is -0.666. The van der Waals surface area contributed by atoms with Crippen LogP contribution in [0.25, 0.3) is 0 Å². The quantitative estimate of drug-likeness (QED) is 0.0320. The monoisotopic (exact) mass is 1070 g/mol. The molecule has 0 aliphatic rings. The molecule has 450 valence electrons. The molecule has 0 aromatic rings. The Hall–Kier alpha value is -1.66. The SMILES string of the molecule is CCCCC/C=C\C/C=C\CCCCCCCCCCCC(=O)OCCCCCCCCCCCCCCCCCCCCCCCC(=O)NC(CO)C(O)CCCCCCCCCCCCCCCCCCCCC. The maximum atomic E-state index is 12.5. The zero-order chi connectivity index (χ0) is 55.0. The smallest absolute Gasteiger partial charge is 0.305 e. The first-order valence-corrected chi connectivity index (χ1v) is 34.6. The van der Waals surface area contributed by atoms with E-state index in [0.29, 0.717) is 25.9 Å². The third-order valence-corrected chi connectivity index (χ3v) is 16.3. The highest BCUT2D eigenvalue weighted by atomic mass is 16.5. The van der Waals surface area contributed by atoms with Gasteiger partial charge in [-0.25, -0.2) is 0 Å². The number of hydrogen-bond acceptors (Lipinski definition) is 5. The first-order valence-electron chi connectivity index (χ1n) is 34.6. The maximum absolute atomic E-state index is 12.5. The molecule has 2 atom stereocenters. The number of carbonyl (C=O) groups excluding carboxylic acids is 2. The van der Waals surface area contributed by atoms with E-state index in [0.717, 1.165) is 51.4 Å². The summed E-state index contributed by atoms with van der Waals surface area (Å²) < 4.78 is 5.50. The van der Waals surface area contributed by atoms with Gasteiger partial charge in [0.1, 0.15) is 0 Å². The van der Waals surface area contributed by atoms with Crippen molar-refractivity contribution in [2.45, 2.75) is 398 Å². The van der Waals surface area contributed by atoms with Crippen LogP contribution in [0.5, 0.6) is 0 Å². The molecule has 0 spiro atoms. The molecule has 0 aromatic carbocycles. The van der Waals surface area contributed by atoms with Crippen LogP contribution in [0.3, 0.4) is 0 Å². The lowest BCUT2D eigenvalue weighted by molar-refractivity contribution is -0.143. The molecule has 76 heavy (non-hydrogen) atoms. The lowest BCUT2D eigenvalue weighted by atomic mass is 10.0. The van der Waals surface area contributed by atoms with Crippen LogP contribution < -0.4 is 5.32 Å². The van der Waals surface area contributed by atoms with Gasteiger partial charge in [-0.15, -0.1) is 0 Å². The third-order valence-electron chi connectivity index (χ3n) is 16.3. The standard InChI is InChI=1S/C70H135NO5/c1-3-5-7-9-11-13-15-17-19-21-26-30-34-38-42-46-50-54-58-62-68(73)67(66-72)71-69(74)63-59-55-51-47-43-39-35-31-28-24-23-25-29-33-37-41-45-49-53-57-61-65-76-70(75)64-60-56-52-48-44-40-36-32-27-22-20-18-16-14-12-10-8-6-4-2/h12,14,18,20,67-68,72-73H,3-11,13,15-17,19,21-66H2,1-2H3,(H,71,74)/b14-12-,20-18-. The van der Waals surface area contributed by atoms with E-state index in [2.05, 4.69) is 43.5 Å². The summed E-state index contributed by atoms with van der Waals surface area (Å²) in [5.74, 6) is -0.0229. The van der Waals surface area contributed by atoms with Crippen molar-refractivity contribution in [3.05, 3.63) is 24.3 Å². The van der Waals surface area contributed by atoms with Crippen LogP contribution in [-0.4, -0.2) is 47.4 Å². The van der Waals surface area contributed by atoms with Gasteiger partial charge in [-0.2, -0.15) is 0 Å². The van der Waals surface area contributed by atoms with E-state index < -0.39 is 12.1 Å². The van der Waals surface area contributed by atoms with Crippen LogP contribution in [0, 0.1) is 0 Å². The number of aliphatic hydroxyl groups is 2. The van der Waals surface area contributed by atoms with Crippen molar-refractivity contribution >= 4 is 11.9 Å². The van der Waals surface area contributed by atoms with Gasteiger partial charge in [-0.05, 0) is 57.8 Å². The zero-order valence-corrected chi connectivity index (χ0v) is 51.5. The molecule has 0 fully saturated rings. The first-order chi connectivity index (χ1) is 37.5. The molecule has 3 N–H and O–H groups in total. The Morgan fingerprint density at radius 2 is 0.658 bits per heavy atom. The van der Waals surface area contributed by atoms with E-state index in [9.17, 15) is 19.8 Å². The number of amides is 1. The summed E-state index contributed by atoms with van der Waals surface area (Å²) in [6.07, 6.45) is 82.1. The van der Waals surface area contributed by atoms with Gasteiger partial charge in [0.05, 0.1) is 25.4 Å². The molecule has 2 unspecified atom stereocenters. The number of esters is 1. The van der Waals surface area contributed by atoms with Gasteiger partial charge in [0, 0.05) is 12.8 Å². The molecule has 0 aliphatic carbocycles. The van der Waals surface area contributed by atoms with Crippen molar-refractivity contribution in [1.82, 2.24) is 5.32 Å². The van der Waals surface area contributed by atoms with Crippen LogP contribution in [0.1, 0.15) is 386 Å². The van der Waals surface area contributed by atoms with E-state index in [1.165, 1.54) is 302 Å². The minimum absolute atomic E-state index is 0.00922. The summed E-state index contributed by atoms with van der Waals surface area (Å²) in [7, 11) is 0. The number of aliphatic hydroxyl groups excluding tert-OH is 2. The fourth-order valence-corrected chi connectivity index (χ4v) is 11.0. The Balaban J connectivity index is 3.37. The van der Waals surface area contributed by atoms with Crippen LogP contribution in [0.4, 0.5) is 0 Å². The third kappa shape index (κ3) is 61.6. The second-order valence-corrected chi connectivity index (χ2v) is 23.9. The van der Waals surface area contributed by atoms with E-state index in [4.69, 9.17) is 4.74 Å². The lowest BCUT2D eigenvalue weighted by Gasteiger charge is -2.22. The van der Waals surface area contributed by atoms with Crippen molar-refractivity contribution in [1.29, 1.82) is 0 Å². The average Bonchev–Trinajstić information content (AvgIpc) is 3.42. The Morgan fingerprint density at radius 1 is 0.368 bits per heavy atom. The summed E-state index contributed by atoms with van der Waals surface area (Å²) in [5.41, 5.74) is 0. The number of carbonyl (C=O) groups is 2. The van der Waals surface area contributed by atoms with E-state index in [1.54, 1.807) is 0 Å². The molecule has 0 radical (unpaired) electrons. The number of allylic oxidation sites excluding steroid dienone is 4. The van der Waals surface area contributed by atoms with Crippen molar-refractivity contribution < 1.29 is 24.5 Å². The van der Waals surface area contributed by atoms with Crippen LogP contribution >= 0.6 is 0 Å². The molecule has 6 nitrogen and oxygen atoms in total. The second-order valence-electron chi connectivity index (χ2n) is 23.9. The van der Waals surface area contributed by atoms with Crippen LogP contribution in [0.15, 0.2) is 24.3 Å². The van der Waals surface area contributed by atoms with Crippen molar-refractivity contribution in [2.75, 3.05) is 13.2 Å². The molecule has 0 saturated carbocycles. The topological polar surface area (TPSA) is 95.9 Å². The summed E-state index contributed by atoms with van der Waals surface area (Å²) in [6, 6.07) is -0.543. The van der Waals surface area contributed by atoms with E-state index >= 15 is 0 Å². The Labute approximate surface area is 475 Å². The Morgan fingerprint density at radius 3 is 1.03 bits per heavy atom. The number of ether oxygens (including phenoxy) is 1. The Kier molecular flexibility index (Phi) is 64.4. The molecule has 1 amide bonds. The van der Waals surface area contributed by atoms with Gasteiger partial charge in [0.15, 0.2) is 0 Å². The predicted molar refractivity (Wildman–Crippen MR) is 333 cm³/mol. The molecule has 0 saturated heterocycles. The van der Waals surface area contributed by atoms with Gasteiger partial charge >= 0.3 is 5.97 Å². The molecule has 0 aromatic heterocycles. The van der Waals surface area contributed by atoms with Crippen LogP contribution in [0.2, 0.25) is 0 Å². The summed E-state index contributed by atoms with van der Waals surface area (Å²) in [4.78, 5) is 24.6. The largest absolute Gasteiger partial charge is 0.466 e. The first kappa shape index (κ1) is 74.3. The molecule has 0 bridgehead atoms. The second kappa shape index (κ2) is 65.9. The molecular weight excluding hydrogens is 935 g/mol. The van der Waals surface area contributed by atoms with Crippen molar-refractivity contribution in [2.24, 2.45) is 0 Å². The molecular formula is C70H135NO5. The summed E-state index contributed by atoms with van der Waals surface area (Å²) >= 11 is 0. The van der Waals surface area contributed by atoms with E-state index in [1.807, 2.05) is 0 Å². The van der Waals surface area contributed by atoms with Gasteiger partial charge in [-0.3, -0.25) is 9.59 Å². The normalized spacial score (nSPS) is 12.6. The zero-order valence-electron chi connectivity index (χ0n) is 51.5. The fourth-order valence-electron chi connectivity index (χ4n) is 11.0. The van der Waals surface area contributed by atoms with Gasteiger partial charge in [-0.1, -0.05) is 340 Å². The summed E-state index contributed by atoms with van der Waals surface area (Å²) in [5, 5.41) is 23.4. The molecule has 0 heterocycles. The van der Waals surface area contributed by atoms with Crippen molar-refractivity contribution in [3.8, 4) is 0 Å². The summed E-state index contributed by atoms with van der Waals surface area (Å²) in [6.45, 7) is 4.96. The number of hydrogen-bond donors (Lipinski definition) is 3. The maximum Gasteiger partial charge on any atom is 0.305 e. The van der Waals surface area contributed by atoms with Gasteiger partial charge in [0.25, 0.3) is 0 Å². The van der Waals surface area contributed by atoms with E-state index in [-0.39, 0.29) is 18.5 Å². The lowest BCUT2D eigenvalue weighted by Crippen LogP contribution is -2.45. The highest BCUT2D eigenvalue weighted by Gasteiger charge is 2.20. The number of nitrogens with one attached hydrogen (secondary N) is 1. The molecule has 6 heteroatoms. The van der Waals surface area contributed by atoms with Gasteiger partial charge in [0.2, 0.25) is 5.91 Å². The molecule has 0 aliphatic heterocycles.